The van der Waals surface area contributed by atoms with E-state index in [1.165, 1.54) is 77.7 Å². The molecule has 2 aliphatic rings. The van der Waals surface area contributed by atoms with E-state index in [-0.39, 0.29) is 0 Å². The molecule has 2 aliphatic carbocycles. The highest BCUT2D eigenvalue weighted by atomic mass is 35.5. The van der Waals surface area contributed by atoms with Gasteiger partial charge in [0.05, 0.1) is 16.4 Å². The molecule has 0 aliphatic heterocycles. The molecule has 11 rings (SSSR count). The van der Waals surface area contributed by atoms with Crippen LogP contribution in [-0.4, -0.2) is 4.57 Å². The van der Waals surface area contributed by atoms with Gasteiger partial charge in [-0.1, -0.05) is 152 Å². The minimum atomic E-state index is -0.479. The topological polar surface area (TPSA) is 4.93 Å². The van der Waals surface area contributed by atoms with Gasteiger partial charge in [0, 0.05) is 27.0 Å². The molecule has 53 heavy (non-hydrogen) atoms. The van der Waals surface area contributed by atoms with Crippen LogP contribution in [0.25, 0.3) is 78.1 Å². The third kappa shape index (κ3) is 4.14. The van der Waals surface area contributed by atoms with Crippen LogP contribution in [0, 0.1) is 0 Å². The highest BCUT2D eigenvalue weighted by molar-refractivity contribution is 6.32. The van der Waals surface area contributed by atoms with Gasteiger partial charge in [-0.2, -0.15) is 0 Å². The molecule has 8 aromatic carbocycles. The van der Waals surface area contributed by atoms with E-state index in [0.717, 1.165) is 27.2 Å². The lowest BCUT2D eigenvalue weighted by Crippen LogP contribution is -2.26. The zero-order chi connectivity index (χ0) is 35.3. The van der Waals surface area contributed by atoms with Crippen LogP contribution in [0.15, 0.2) is 183 Å². The Labute approximate surface area is 313 Å². The summed E-state index contributed by atoms with van der Waals surface area (Å²) < 4.78 is 2.40. The summed E-state index contributed by atoms with van der Waals surface area (Å²) in [5.41, 5.74) is 19.3. The van der Waals surface area contributed by atoms with Crippen molar-refractivity contribution in [2.75, 3.05) is 0 Å². The molecule has 9 aromatic rings. The van der Waals surface area contributed by atoms with Gasteiger partial charge >= 0.3 is 0 Å². The van der Waals surface area contributed by atoms with Gasteiger partial charge in [0.15, 0.2) is 0 Å². The van der Waals surface area contributed by atoms with Crippen molar-refractivity contribution in [3.63, 3.8) is 0 Å². The summed E-state index contributed by atoms with van der Waals surface area (Å²) in [7, 11) is 0. The smallest absolute Gasteiger partial charge is 0.0725 e. The monoisotopic (exact) mass is 693 g/mol. The Morgan fingerprint density at radius 2 is 1.06 bits per heavy atom. The number of halogens is 1. The Balaban J connectivity index is 1.22. The Morgan fingerprint density at radius 1 is 0.453 bits per heavy atom. The van der Waals surface area contributed by atoms with Crippen molar-refractivity contribution in [1.82, 2.24) is 4.57 Å². The summed E-state index contributed by atoms with van der Waals surface area (Å²) in [4.78, 5) is 0. The van der Waals surface area contributed by atoms with E-state index >= 15 is 0 Å². The van der Waals surface area contributed by atoms with Crippen molar-refractivity contribution in [3.05, 3.63) is 215 Å². The van der Waals surface area contributed by atoms with Crippen molar-refractivity contribution in [2.45, 2.75) is 5.41 Å². The molecule has 248 valence electrons. The van der Waals surface area contributed by atoms with Gasteiger partial charge in [-0.05, 0) is 115 Å². The van der Waals surface area contributed by atoms with Crippen LogP contribution in [0.1, 0.15) is 27.8 Å². The van der Waals surface area contributed by atoms with Crippen LogP contribution in [0.3, 0.4) is 0 Å². The van der Waals surface area contributed by atoms with E-state index in [9.17, 15) is 0 Å². The van der Waals surface area contributed by atoms with Gasteiger partial charge in [0.2, 0.25) is 0 Å². The molecule has 1 aromatic heterocycles. The molecule has 0 radical (unpaired) electrons. The predicted octanol–water partition coefficient (Wildman–Crippen LogP) is 13.8. The van der Waals surface area contributed by atoms with Crippen molar-refractivity contribution in [2.24, 2.45) is 0 Å². The third-order valence-corrected chi connectivity index (χ3v) is 11.9. The van der Waals surface area contributed by atoms with Crippen molar-refractivity contribution in [1.29, 1.82) is 0 Å². The number of fused-ring (bicyclic) bond motifs is 13. The lowest BCUT2D eigenvalue weighted by molar-refractivity contribution is 0.794. The fraction of sp³-hybridized carbons (Fsp3) is 0.0196. The second-order valence-electron chi connectivity index (χ2n) is 14.2. The molecule has 1 nitrogen and oxygen atoms in total. The highest BCUT2D eigenvalue weighted by Crippen LogP contribution is 2.63. The second-order valence-corrected chi connectivity index (χ2v) is 14.7. The van der Waals surface area contributed by atoms with Crippen LogP contribution >= 0.6 is 11.6 Å². The Kier molecular flexibility index (Phi) is 6.44. The minimum absolute atomic E-state index is 0.479. The lowest BCUT2D eigenvalue weighted by Gasteiger charge is -2.31. The summed E-state index contributed by atoms with van der Waals surface area (Å²) in [5, 5.41) is 3.07. The fourth-order valence-corrected chi connectivity index (χ4v) is 9.62. The van der Waals surface area contributed by atoms with Gasteiger partial charge in [0.25, 0.3) is 0 Å². The first-order chi connectivity index (χ1) is 26.1. The average molecular weight is 694 g/mol. The molecule has 1 atom stereocenters. The van der Waals surface area contributed by atoms with Crippen molar-refractivity contribution < 1.29 is 0 Å². The van der Waals surface area contributed by atoms with Crippen LogP contribution in [0.4, 0.5) is 0 Å². The van der Waals surface area contributed by atoms with Crippen LogP contribution < -0.4 is 0 Å². The first-order valence-corrected chi connectivity index (χ1v) is 18.5. The molecule has 1 unspecified atom stereocenters. The fourth-order valence-electron chi connectivity index (χ4n) is 9.45. The molecular formula is C51H32ClN. The van der Waals surface area contributed by atoms with E-state index < -0.39 is 5.41 Å². The van der Waals surface area contributed by atoms with Crippen molar-refractivity contribution in [3.8, 4) is 50.2 Å². The van der Waals surface area contributed by atoms with Gasteiger partial charge in [-0.3, -0.25) is 0 Å². The Bertz CT molecular complexity index is 2970. The summed E-state index contributed by atoms with van der Waals surface area (Å²) in [6, 6.07) is 64.6. The Hall–Kier alpha value is -6.41. The van der Waals surface area contributed by atoms with E-state index in [1.54, 1.807) is 0 Å². The van der Waals surface area contributed by atoms with Gasteiger partial charge in [0.1, 0.15) is 0 Å². The predicted molar refractivity (Wildman–Crippen MR) is 223 cm³/mol. The molecule has 0 saturated carbocycles. The molecule has 0 N–H and O–H groups in total. The zero-order valence-electron chi connectivity index (χ0n) is 28.9. The number of para-hydroxylation sites is 2. The largest absolute Gasteiger partial charge is 0.309 e. The maximum absolute atomic E-state index is 6.64. The lowest BCUT2D eigenvalue weighted by atomic mass is 9.70. The van der Waals surface area contributed by atoms with E-state index in [0.29, 0.717) is 0 Å². The van der Waals surface area contributed by atoms with Gasteiger partial charge in [-0.25, -0.2) is 0 Å². The summed E-state index contributed by atoms with van der Waals surface area (Å²) in [5.74, 6) is 0. The summed E-state index contributed by atoms with van der Waals surface area (Å²) in [6.45, 7) is 4.04. The third-order valence-electron chi connectivity index (χ3n) is 11.6. The summed E-state index contributed by atoms with van der Waals surface area (Å²) >= 11 is 6.64. The number of aromatic nitrogens is 1. The Morgan fingerprint density at radius 3 is 1.79 bits per heavy atom. The van der Waals surface area contributed by atoms with Crippen molar-refractivity contribution >= 4 is 39.5 Å². The number of hydrogen-bond acceptors (Lipinski definition) is 0. The molecule has 0 bridgehead atoms. The van der Waals surface area contributed by atoms with Crippen LogP contribution in [0.5, 0.6) is 0 Å². The van der Waals surface area contributed by atoms with Crippen LogP contribution in [-0.2, 0) is 5.41 Å². The van der Waals surface area contributed by atoms with Crippen LogP contribution in [0.2, 0.25) is 5.02 Å². The molecule has 1 spiro atoms. The molecule has 0 saturated heterocycles. The summed E-state index contributed by atoms with van der Waals surface area (Å²) in [6.07, 6.45) is 1.92. The molecule has 2 heteroatoms. The first-order valence-electron chi connectivity index (χ1n) is 18.2. The van der Waals surface area contributed by atoms with Gasteiger partial charge in [-0.15, -0.1) is 0 Å². The molecule has 0 amide bonds. The zero-order valence-corrected chi connectivity index (χ0v) is 29.6. The number of nitrogens with zero attached hydrogens (tertiary/aromatic N) is 1. The quantitative estimate of drug-likeness (QED) is 0.173. The second kappa shape index (κ2) is 11.3. The maximum Gasteiger partial charge on any atom is 0.0725 e. The average Bonchev–Trinajstić information content (AvgIpc) is 3.82. The molecule has 0 fully saturated rings. The van der Waals surface area contributed by atoms with E-state index in [2.05, 4.69) is 181 Å². The van der Waals surface area contributed by atoms with E-state index in [4.69, 9.17) is 11.6 Å². The number of hydrogen-bond donors (Lipinski definition) is 0. The number of benzene rings is 8. The molecule has 1 heterocycles. The molecular weight excluding hydrogens is 662 g/mol. The highest BCUT2D eigenvalue weighted by Gasteiger charge is 2.51. The standard InChI is InChI=1S/C51H32ClN/c1-2-32-12-10-13-33(28-32)34-22-25-41-39-16-6-8-20-45(39)51(47(41)29-34)46-21-9-7-17-40(46)42-26-23-35(30-48(42)51)38-18-11-19-43-44-31-36(52)24-27-49(44)53(50(38)43)37-14-4-3-5-15-37/h2-31H,1H2. The number of rotatable bonds is 4. The first kappa shape index (κ1) is 30.2. The SMILES string of the molecule is C=Cc1cccc(-c2ccc3c(c2)C2(c4ccccc4-3)c3ccccc3-c3ccc(-c4cccc5c6cc(Cl)ccc6n(-c6ccccc6)c45)cc32)c1. The minimum Gasteiger partial charge on any atom is -0.309 e. The van der Waals surface area contributed by atoms with Gasteiger partial charge < -0.3 is 4.57 Å². The van der Waals surface area contributed by atoms with E-state index in [1.807, 2.05) is 12.1 Å². The normalized spacial score (nSPS) is 15.0. The maximum atomic E-state index is 6.64.